The van der Waals surface area contributed by atoms with E-state index in [1.807, 2.05) is 35.0 Å². The van der Waals surface area contributed by atoms with Gasteiger partial charge in [-0.15, -0.1) is 0 Å². The molecule has 7 rings (SSSR count). The van der Waals surface area contributed by atoms with Crippen molar-refractivity contribution in [3.63, 3.8) is 0 Å². The molecule has 5 heterocycles. The summed E-state index contributed by atoms with van der Waals surface area (Å²) in [6.07, 6.45) is 3.57. The largest absolute Gasteiger partial charge is 0.454 e. The van der Waals surface area contributed by atoms with Crippen molar-refractivity contribution in [2.75, 3.05) is 20.1 Å². The molecule has 10 nitrogen and oxygen atoms in total. The predicted octanol–water partition coefficient (Wildman–Crippen LogP) is 2.11. The molecule has 2 aromatic carbocycles. The van der Waals surface area contributed by atoms with Gasteiger partial charge in [-0.2, -0.15) is 0 Å². The predicted molar refractivity (Wildman–Crippen MR) is 122 cm³/mol. The molecule has 170 valence electrons. The van der Waals surface area contributed by atoms with E-state index in [1.165, 1.54) is 0 Å². The number of fused-ring (bicyclic) bond motifs is 4. The molecule has 0 bridgehead atoms. The number of hydrogen-bond acceptors (Lipinski definition) is 7. The Morgan fingerprint density at radius 1 is 0.824 bits per heavy atom. The highest BCUT2D eigenvalue weighted by atomic mass is 16.7. The molecule has 34 heavy (non-hydrogen) atoms. The van der Waals surface area contributed by atoms with Gasteiger partial charge < -0.3 is 34.2 Å². The minimum Gasteiger partial charge on any atom is -0.454 e. The Labute approximate surface area is 191 Å². The molecule has 0 fully saturated rings. The molecule has 3 aliphatic rings. The van der Waals surface area contributed by atoms with Gasteiger partial charge in [-0.3, -0.25) is 14.9 Å². The second kappa shape index (κ2) is 6.78. The number of H-pyrrole nitrogens is 1. The summed E-state index contributed by atoms with van der Waals surface area (Å²) in [6, 6.07) is 7.36. The normalized spacial score (nSPS) is 16.4. The Morgan fingerprint density at radius 3 is 2.15 bits per heavy atom. The maximum Gasteiger partial charge on any atom is 0.259 e. The van der Waals surface area contributed by atoms with E-state index in [0.29, 0.717) is 58.4 Å². The van der Waals surface area contributed by atoms with Crippen LogP contribution >= 0.6 is 0 Å². The van der Waals surface area contributed by atoms with E-state index in [1.54, 1.807) is 6.20 Å². The van der Waals surface area contributed by atoms with E-state index < -0.39 is 11.8 Å². The second-order valence-corrected chi connectivity index (χ2v) is 8.23. The minimum absolute atomic E-state index is 0.131. The molecular formula is C24H18N4O6. The summed E-state index contributed by atoms with van der Waals surface area (Å²) >= 11 is 0. The van der Waals surface area contributed by atoms with Crippen molar-refractivity contribution in [2.24, 2.45) is 5.73 Å². The number of imide groups is 1. The van der Waals surface area contributed by atoms with Gasteiger partial charge >= 0.3 is 0 Å². The van der Waals surface area contributed by atoms with Crippen LogP contribution in [0.25, 0.3) is 33.0 Å². The van der Waals surface area contributed by atoms with Crippen LogP contribution in [-0.2, 0) is 16.1 Å². The van der Waals surface area contributed by atoms with Crippen molar-refractivity contribution in [1.82, 2.24) is 14.9 Å². The summed E-state index contributed by atoms with van der Waals surface area (Å²) in [7, 11) is 0. The van der Waals surface area contributed by atoms with Gasteiger partial charge in [0.05, 0.1) is 16.7 Å². The van der Waals surface area contributed by atoms with Crippen LogP contribution in [0, 0.1) is 0 Å². The molecule has 10 heteroatoms. The van der Waals surface area contributed by atoms with Crippen molar-refractivity contribution in [3.05, 3.63) is 47.8 Å². The molecule has 0 saturated heterocycles. The average Bonchev–Trinajstić information content (AvgIpc) is 3.63. The third kappa shape index (κ3) is 2.54. The zero-order valence-electron chi connectivity index (χ0n) is 17.8. The number of benzene rings is 2. The summed E-state index contributed by atoms with van der Waals surface area (Å²) in [6.45, 7) is 1.21. The summed E-state index contributed by atoms with van der Waals surface area (Å²) in [5.41, 5.74) is 9.26. The quantitative estimate of drug-likeness (QED) is 0.399. The van der Waals surface area contributed by atoms with Gasteiger partial charge in [-0.1, -0.05) is 0 Å². The van der Waals surface area contributed by atoms with Crippen LogP contribution in [0.5, 0.6) is 23.0 Å². The van der Waals surface area contributed by atoms with Crippen LogP contribution in [0.15, 0.2) is 36.7 Å². The topological polar surface area (TPSA) is 130 Å². The molecule has 4 aromatic rings. The van der Waals surface area contributed by atoms with E-state index in [2.05, 4.69) is 10.3 Å². The number of amides is 2. The van der Waals surface area contributed by atoms with Crippen LogP contribution in [-0.4, -0.2) is 41.5 Å². The highest BCUT2D eigenvalue weighted by molar-refractivity contribution is 6.50. The van der Waals surface area contributed by atoms with E-state index in [-0.39, 0.29) is 13.6 Å². The minimum atomic E-state index is -0.459. The summed E-state index contributed by atoms with van der Waals surface area (Å²) in [5, 5.41) is 3.99. The number of aromatic amines is 1. The first-order valence-corrected chi connectivity index (χ1v) is 10.8. The van der Waals surface area contributed by atoms with E-state index in [9.17, 15) is 9.59 Å². The molecule has 2 aromatic heterocycles. The summed E-state index contributed by atoms with van der Waals surface area (Å²) in [5.74, 6) is 1.52. The van der Waals surface area contributed by atoms with Crippen LogP contribution in [0.1, 0.15) is 11.1 Å². The molecule has 0 unspecified atom stereocenters. The zero-order chi connectivity index (χ0) is 23.0. The smallest absolute Gasteiger partial charge is 0.259 e. The first kappa shape index (κ1) is 19.1. The Balaban J connectivity index is 1.50. The number of hydrogen-bond donors (Lipinski definition) is 3. The van der Waals surface area contributed by atoms with Gasteiger partial charge in [0.2, 0.25) is 13.6 Å². The number of carbonyl (C=O) groups excluding carboxylic acids is 2. The highest BCUT2D eigenvalue weighted by Gasteiger charge is 2.36. The van der Waals surface area contributed by atoms with E-state index in [4.69, 9.17) is 24.7 Å². The Kier molecular flexibility index (Phi) is 3.80. The maximum absolute atomic E-state index is 13.1. The van der Waals surface area contributed by atoms with Gasteiger partial charge in [0.25, 0.3) is 11.8 Å². The zero-order valence-corrected chi connectivity index (χ0v) is 17.8. The van der Waals surface area contributed by atoms with Crippen molar-refractivity contribution < 1.29 is 28.5 Å². The van der Waals surface area contributed by atoms with Crippen molar-refractivity contribution >= 4 is 44.8 Å². The highest BCUT2D eigenvalue weighted by Crippen LogP contribution is 2.44. The molecule has 0 radical (unpaired) electrons. The molecule has 2 amide bonds. The second-order valence-electron chi connectivity index (χ2n) is 8.23. The lowest BCUT2D eigenvalue weighted by Crippen LogP contribution is -2.22. The van der Waals surface area contributed by atoms with Gasteiger partial charge in [0, 0.05) is 65.0 Å². The lowest BCUT2D eigenvalue weighted by molar-refractivity contribution is -0.122. The monoisotopic (exact) mass is 458 g/mol. The number of nitrogens with two attached hydrogens (primary N) is 1. The van der Waals surface area contributed by atoms with Gasteiger partial charge in [-0.25, -0.2) is 0 Å². The fourth-order valence-electron chi connectivity index (χ4n) is 4.89. The number of nitrogens with one attached hydrogen (secondary N) is 2. The lowest BCUT2D eigenvalue weighted by atomic mass is 9.95. The first-order valence-electron chi connectivity index (χ1n) is 10.8. The Morgan fingerprint density at radius 2 is 1.44 bits per heavy atom. The third-order valence-electron chi connectivity index (χ3n) is 6.39. The molecule has 0 aliphatic carbocycles. The SMILES string of the molecule is NCCn1cc(C2=C(c3c[nH]c4cc5c(cc34)OCO5)C(=O)NC2=O)c2cc3c(cc21)OCO3. The van der Waals surface area contributed by atoms with Crippen LogP contribution in [0.4, 0.5) is 0 Å². The molecule has 0 spiro atoms. The summed E-state index contributed by atoms with van der Waals surface area (Å²) < 4.78 is 24.0. The Hall–Kier alpha value is -4.44. The van der Waals surface area contributed by atoms with Gasteiger partial charge in [-0.05, 0) is 12.1 Å². The van der Waals surface area contributed by atoms with Crippen LogP contribution in [0.2, 0.25) is 0 Å². The first-order chi connectivity index (χ1) is 16.6. The van der Waals surface area contributed by atoms with Crippen molar-refractivity contribution in [1.29, 1.82) is 0 Å². The average molecular weight is 458 g/mol. The lowest BCUT2D eigenvalue weighted by Gasteiger charge is -2.04. The molecule has 0 saturated carbocycles. The van der Waals surface area contributed by atoms with Crippen molar-refractivity contribution in [3.8, 4) is 23.0 Å². The van der Waals surface area contributed by atoms with E-state index in [0.717, 1.165) is 21.8 Å². The fraction of sp³-hybridized carbons (Fsp3) is 0.167. The molecule has 0 atom stereocenters. The summed E-state index contributed by atoms with van der Waals surface area (Å²) in [4.78, 5) is 29.4. The van der Waals surface area contributed by atoms with Crippen LogP contribution in [0.3, 0.4) is 0 Å². The fourth-order valence-corrected chi connectivity index (χ4v) is 4.89. The third-order valence-corrected chi connectivity index (χ3v) is 6.39. The number of ether oxygens (including phenoxy) is 4. The molecule has 3 aliphatic heterocycles. The number of rotatable bonds is 4. The Bertz CT molecular complexity index is 1590. The number of aromatic nitrogens is 2. The van der Waals surface area contributed by atoms with Crippen molar-refractivity contribution in [2.45, 2.75) is 6.54 Å². The number of carbonyl (C=O) groups is 2. The number of nitrogens with zero attached hydrogens (tertiary/aromatic N) is 1. The standard InChI is InChI=1S/C24H18N4O6/c25-1-2-28-8-14(12-4-18-20(6-16(12)28)34-10-32-18)22-21(23(29)27-24(22)30)13-7-26-15-5-19-17(3-11(13)15)31-9-33-19/h3-8,26H,1-2,9-10,25H2,(H,27,29,30). The van der Waals surface area contributed by atoms with Gasteiger partial charge in [0.15, 0.2) is 23.0 Å². The van der Waals surface area contributed by atoms with Gasteiger partial charge in [0.1, 0.15) is 0 Å². The molecule has 4 N–H and O–H groups in total. The van der Waals surface area contributed by atoms with Crippen LogP contribution < -0.4 is 30.0 Å². The van der Waals surface area contributed by atoms with E-state index >= 15 is 0 Å². The molecular weight excluding hydrogens is 440 g/mol. The maximum atomic E-state index is 13.1.